The largest absolute Gasteiger partial charge is 0.507 e. The number of halogens is 3. The van der Waals surface area contributed by atoms with Crippen LogP contribution in [0.15, 0.2) is 30.3 Å². The topological polar surface area (TPSA) is 163 Å². The predicted octanol–water partition coefficient (Wildman–Crippen LogP) is 1.98. The lowest BCUT2D eigenvalue weighted by Gasteiger charge is -2.37. The molecule has 3 rings (SSSR count). The zero-order chi connectivity index (χ0) is 24.4. The van der Waals surface area contributed by atoms with Crippen LogP contribution in [0.2, 0.25) is 0 Å². The van der Waals surface area contributed by atoms with Crippen LogP contribution >= 0.6 is 67.8 Å². The molecule has 0 aromatic heterocycles. The Bertz CT molecular complexity index is 1040. The Kier molecular flexibility index (Phi) is 9.00. The summed E-state index contributed by atoms with van der Waals surface area (Å²) in [4.78, 5) is 23.6. The fraction of sp³-hybridized carbons (Fsp3) is 0.300. The average molecular weight is 798 g/mol. The van der Waals surface area contributed by atoms with Gasteiger partial charge < -0.3 is 39.7 Å². The molecule has 1 aliphatic heterocycles. The minimum Gasteiger partial charge on any atom is -0.507 e. The fourth-order valence-electron chi connectivity index (χ4n) is 2.97. The van der Waals surface area contributed by atoms with Crippen molar-refractivity contribution in [3.05, 3.63) is 46.6 Å². The fourth-order valence-corrected chi connectivity index (χ4v) is 5.57. The van der Waals surface area contributed by atoms with Crippen LogP contribution in [0.25, 0.3) is 0 Å². The minimum atomic E-state index is -1.87. The summed E-state index contributed by atoms with van der Waals surface area (Å²) in [5.41, 5.74) is 0.558. The summed E-state index contributed by atoms with van der Waals surface area (Å²) >= 11 is 6.08. The molecule has 1 saturated heterocycles. The maximum atomic E-state index is 12.4. The second kappa shape index (κ2) is 11.2. The first-order valence-corrected chi connectivity index (χ1v) is 12.5. The highest BCUT2D eigenvalue weighted by Gasteiger charge is 2.48. The normalized spacial score (nSPS) is 24.8. The Morgan fingerprint density at radius 3 is 2.15 bits per heavy atom. The number of carbonyl (C=O) groups excluding carboxylic acids is 1. The summed E-state index contributed by atoms with van der Waals surface area (Å²) in [7, 11) is 0. The van der Waals surface area contributed by atoms with Gasteiger partial charge in [0, 0.05) is 0 Å². The number of carboxylic acid groups (broad SMARTS) is 1. The molecular formula is C20H17I3O10. The number of phenolic OH excluding ortho intramolecular Hbond substituents is 1. The van der Waals surface area contributed by atoms with Crippen LogP contribution in [0.4, 0.5) is 0 Å². The minimum absolute atomic E-state index is 0.143. The summed E-state index contributed by atoms with van der Waals surface area (Å²) in [5, 5.41) is 48.2. The SMILES string of the molecule is O=C(Cc1cc(I)c(Oc2ccc(O)c(I)c2)c(I)c1)O[C@@H]1O[C@H](C(=O)O)[C@@H](O)[C@H](O)[C@H]1O. The number of aliphatic hydroxyl groups excluding tert-OH is 3. The van der Waals surface area contributed by atoms with Gasteiger partial charge in [0.15, 0.2) is 11.9 Å². The maximum absolute atomic E-state index is 12.4. The van der Waals surface area contributed by atoms with Crippen molar-refractivity contribution in [2.24, 2.45) is 0 Å². The molecule has 0 aliphatic carbocycles. The van der Waals surface area contributed by atoms with E-state index in [0.717, 1.165) is 0 Å². The molecule has 0 bridgehead atoms. The summed E-state index contributed by atoms with van der Waals surface area (Å²) < 4.78 is 17.9. The van der Waals surface area contributed by atoms with E-state index in [1.807, 2.05) is 67.8 Å². The number of aromatic hydroxyl groups is 1. The van der Waals surface area contributed by atoms with Crippen molar-refractivity contribution in [2.75, 3.05) is 0 Å². The van der Waals surface area contributed by atoms with Crippen molar-refractivity contribution in [1.82, 2.24) is 0 Å². The van der Waals surface area contributed by atoms with Crippen LogP contribution in [0.3, 0.4) is 0 Å². The number of ether oxygens (including phenoxy) is 3. The Labute approximate surface area is 228 Å². The molecule has 0 saturated carbocycles. The third kappa shape index (κ3) is 6.37. The number of phenols is 1. The van der Waals surface area contributed by atoms with Gasteiger partial charge in [0.2, 0.25) is 6.29 Å². The number of aliphatic hydroxyl groups is 3. The molecule has 2 aromatic carbocycles. The Morgan fingerprint density at radius 2 is 1.58 bits per heavy atom. The van der Waals surface area contributed by atoms with Gasteiger partial charge in [0.1, 0.15) is 29.8 Å². The van der Waals surface area contributed by atoms with Crippen LogP contribution in [0, 0.1) is 10.7 Å². The van der Waals surface area contributed by atoms with Gasteiger partial charge in [-0.25, -0.2) is 4.79 Å². The zero-order valence-electron chi connectivity index (χ0n) is 16.4. The average Bonchev–Trinajstić information content (AvgIpc) is 2.73. The smallest absolute Gasteiger partial charge is 0.335 e. The third-order valence-electron chi connectivity index (χ3n) is 4.61. The van der Waals surface area contributed by atoms with Crippen LogP contribution in [0.5, 0.6) is 17.2 Å². The first-order chi connectivity index (χ1) is 15.5. The number of rotatable bonds is 6. The van der Waals surface area contributed by atoms with Crippen molar-refractivity contribution >= 4 is 79.7 Å². The molecule has 5 atom stereocenters. The molecule has 33 heavy (non-hydrogen) atoms. The molecule has 0 unspecified atom stereocenters. The van der Waals surface area contributed by atoms with Gasteiger partial charge in [-0.2, -0.15) is 0 Å². The van der Waals surface area contributed by atoms with Gasteiger partial charge in [0.25, 0.3) is 0 Å². The van der Waals surface area contributed by atoms with Crippen LogP contribution in [-0.4, -0.2) is 68.2 Å². The highest BCUT2D eigenvalue weighted by atomic mass is 127. The predicted molar refractivity (Wildman–Crippen MR) is 137 cm³/mol. The van der Waals surface area contributed by atoms with Gasteiger partial charge in [-0.3, -0.25) is 4.79 Å². The molecule has 1 aliphatic rings. The second-order valence-electron chi connectivity index (χ2n) is 7.01. The van der Waals surface area contributed by atoms with Gasteiger partial charge in [-0.1, -0.05) is 0 Å². The van der Waals surface area contributed by atoms with E-state index in [9.17, 15) is 30.0 Å². The first kappa shape index (κ1) is 26.6. The van der Waals surface area contributed by atoms with Crippen molar-refractivity contribution < 1.29 is 49.3 Å². The number of carboxylic acids is 1. The van der Waals surface area contributed by atoms with Gasteiger partial charge >= 0.3 is 11.9 Å². The molecule has 178 valence electrons. The summed E-state index contributed by atoms with van der Waals surface area (Å²) in [6.45, 7) is 0. The number of carbonyl (C=O) groups is 2. The molecule has 1 heterocycles. The number of hydrogen-bond donors (Lipinski definition) is 5. The summed E-state index contributed by atoms with van der Waals surface area (Å²) in [6.07, 6.45) is -9.40. The summed E-state index contributed by atoms with van der Waals surface area (Å²) in [6, 6.07) is 8.22. The standard InChI is InChI=1S/C20H17I3O10/c21-9-6-8(1-2-12(9)24)31-17-10(22)3-7(4-11(17)23)5-13(25)32-20-16(28)14(26)15(27)18(33-20)19(29)30/h1-4,6,14-16,18,20,24,26-28H,5H2,(H,29,30)/t14-,15-,16+,18-,20+/m0/s1. The number of hydrogen-bond acceptors (Lipinski definition) is 9. The lowest BCUT2D eigenvalue weighted by atomic mass is 9.99. The molecule has 13 heteroatoms. The molecule has 2 aromatic rings. The molecule has 5 N–H and O–H groups in total. The highest BCUT2D eigenvalue weighted by Crippen LogP contribution is 2.35. The van der Waals surface area contributed by atoms with E-state index < -0.39 is 42.6 Å². The van der Waals surface area contributed by atoms with Crippen molar-refractivity contribution in [2.45, 2.75) is 37.1 Å². The molecule has 0 radical (unpaired) electrons. The molecule has 0 spiro atoms. The monoisotopic (exact) mass is 798 g/mol. The molecule has 0 amide bonds. The van der Waals surface area contributed by atoms with E-state index in [2.05, 4.69) is 0 Å². The first-order valence-electron chi connectivity index (χ1n) is 9.24. The van der Waals surface area contributed by atoms with E-state index in [-0.39, 0.29) is 12.2 Å². The van der Waals surface area contributed by atoms with Crippen molar-refractivity contribution in [3.63, 3.8) is 0 Å². The van der Waals surface area contributed by atoms with E-state index in [0.29, 0.717) is 27.8 Å². The summed E-state index contributed by atoms with van der Waals surface area (Å²) in [5.74, 6) is -1.18. The van der Waals surface area contributed by atoms with Crippen LogP contribution in [-0.2, 0) is 25.5 Å². The van der Waals surface area contributed by atoms with Crippen LogP contribution in [0.1, 0.15) is 5.56 Å². The second-order valence-corrected chi connectivity index (χ2v) is 10.5. The molecule has 1 fully saturated rings. The zero-order valence-corrected chi connectivity index (χ0v) is 22.9. The molecule has 10 nitrogen and oxygen atoms in total. The van der Waals surface area contributed by atoms with Gasteiger partial charge in [-0.05, 0) is 104 Å². The Balaban J connectivity index is 1.70. The lowest BCUT2D eigenvalue weighted by molar-refractivity contribution is -0.286. The van der Waals surface area contributed by atoms with E-state index in [1.165, 1.54) is 6.07 Å². The third-order valence-corrected chi connectivity index (χ3v) is 7.07. The number of aliphatic carboxylic acids is 1. The van der Waals surface area contributed by atoms with E-state index >= 15 is 0 Å². The van der Waals surface area contributed by atoms with Crippen LogP contribution < -0.4 is 4.74 Å². The van der Waals surface area contributed by atoms with Gasteiger partial charge in [-0.15, -0.1) is 0 Å². The van der Waals surface area contributed by atoms with Gasteiger partial charge in [0.05, 0.1) is 17.1 Å². The maximum Gasteiger partial charge on any atom is 0.335 e. The molecular weight excluding hydrogens is 781 g/mol. The van der Waals surface area contributed by atoms with E-state index in [1.54, 1.807) is 24.3 Å². The Morgan fingerprint density at radius 1 is 0.939 bits per heavy atom. The quantitative estimate of drug-likeness (QED) is 0.216. The highest BCUT2D eigenvalue weighted by molar-refractivity contribution is 14.1. The Hall–Kier alpha value is -0.990. The van der Waals surface area contributed by atoms with Crippen molar-refractivity contribution in [3.8, 4) is 17.2 Å². The lowest BCUT2D eigenvalue weighted by Crippen LogP contribution is -2.60. The van der Waals surface area contributed by atoms with Crippen molar-refractivity contribution in [1.29, 1.82) is 0 Å². The number of benzene rings is 2. The van der Waals surface area contributed by atoms with E-state index in [4.69, 9.17) is 19.3 Å². The number of esters is 1.